The molecular formula is C11H13NO2. The second-order valence-corrected chi connectivity index (χ2v) is 3.44. The monoisotopic (exact) mass is 191 g/mol. The smallest absolute Gasteiger partial charge is 0.163 e. The van der Waals surface area contributed by atoms with Gasteiger partial charge in [0.25, 0.3) is 0 Å². The van der Waals surface area contributed by atoms with E-state index in [1.807, 2.05) is 12.1 Å². The molecule has 3 heteroatoms. The third-order valence-corrected chi connectivity index (χ3v) is 2.51. The Morgan fingerprint density at radius 2 is 2.29 bits per heavy atom. The molecule has 1 aromatic rings. The summed E-state index contributed by atoms with van der Waals surface area (Å²) in [7, 11) is 1.59. The molecule has 0 atom stereocenters. The van der Waals surface area contributed by atoms with Crippen molar-refractivity contribution in [3.05, 3.63) is 23.3 Å². The molecule has 0 radical (unpaired) electrons. The SMILES string of the molecule is COc1cc2c(cc1C(C)=O)NCC2. The Morgan fingerprint density at radius 1 is 1.50 bits per heavy atom. The summed E-state index contributed by atoms with van der Waals surface area (Å²) in [5.74, 6) is 0.721. The highest BCUT2D eigenvalue weighted by molar-refractivity contribution is 5.98. The van der Waals surface area contributed by atoms with E-state index in [1.54, 1.807) is 14.0 Å². The number of ketones is 1. The Bertz CT molecular complexity index is 385. The topological polar surface area (TPSA) is 38.3 Å². The number of carbonyl (C=O) groups excluding carboxylic acids is 1. The lowest BCUT2D eigenvalue weighted by molar-refractivity contribution is 0.101. The van der Waals surface area contributed by atoms with Crippen LogP contribution in [0.4, 0.5) is 5.69 Å². The number of fused-ring (bicyclic) bond motifs is 1. The van der Waals surface area contributed by atoms with E-state index in [-0.39, 0.29) is 5.78 Å². The number of methoxy groups -OCH3 is 1. The van der Waals surface area contributed by atoms with Crippen LogP contribution in [-0.2, 0) is 6.42 Å². The van der Waals surface area contributed by atoms with Gasteiger partial charge in [-0.3, -0.25) is 4.79 Å². The average Bonchev–Trinajstić information content (AvgIpc) is 2.62. The molecule has 0 saturated carbocycles. The van der Waals surface area contributed by atoms with Crippen LogP contribution in [-0.4, -0.2) is 19.4 Å². The minimum absolute atomic E-state index is 0.0401. The first-order chi connectivity index (χ1) is 6.72. The van der Waals surface area contributed by atoms with Crippen molar-refractivity contribution in [2.45, 2.75) is 13.3 Å². The number of benzene rings is 1. The van der Waals surface area contributed by atoms with Gasteiger partial charge in [0, 0.05) is 12.2 Å². The third kappa shape index (κ3) is 1.35. The van der Waals surface area contributed by atoms with Gasteiger partial charge in [-0.05, 0) is 31.0 Å². The number of hydrogen-bond acceptors (Lipinski definition) is 3. The Balaban J connectivity index is 2.54. The summed E-state index contributed by atoms with van der Waals surface area (Å²) in [4.78, 5) is 11.3. The van der Waals surface area contributed by atoms with Crippen LogP contribution >= 0.6 is 0 Å². The van der Waals surface area contributed by atoms with E-state index in [2.05, 4.69) is 5.32 Å². The van der Waals surface area contributed by atoms with Gasteiger partial charge in [-0.15, -0.1) is 0 Å². The second kappa shape index (κ2) is 3.33. The molecule has 1 aliphatic rings. The van der Waals surface area contributed by atoms with E-state index >= 15 is 0 Å². The zero-order valence-corrected chi connectivity index (χ0v) is 8.39. The molecule has 0 spiro atoms. The first kappa shape index (κ1) is 9.06. The number of nitrogens with one attached hydrogen (secondary N) is 1. The summed E-state index contributed by atoms with van der Waals surface area (Å²) in [6.07, 6.45) is 1.00. The molecule has 0 fully saturated rings. The minimum atomic E-state index is 0.0401. The fraction of sp³-hybridized carbons (Fsp3) is 0.364. The maximum absolute atomic E-state index is 11.3. The molecule has 0 unspecified atom stereocenters. The molecule has 1 aromatic carbocycles. The van der Waals surface area contributed by atoms with Gasteiger partial charge in [-0.1, -0.05) is 0 Å². The highest BCUT2D eigenvalue weighted by atomic mass is 16.5. The van der Waals surface area contributed by atoms with Gasteiger partial charge in [-0.25, -0.2) is 0 Å². The number of ether oxygens (including phenoxy) is 1. The zero-order chi connectivity index (χ0) is 10.1. The van der Waals surface area contributed by atoms with Gasteiger partial charge in [0.15, 0.2) is 5.78 Å². The van der Waals surface area contributed by atoms with Crippen molar-refractivity contribution in [1.82, 2.24) is 0 Å². The largest absolute Gasteiger partial charge is 0.496 e. The lowest BCUT2D eigenvalue weighted by Gasteiger charge is -2.08. The molecule has 2 rings (SSSR count). The second-order valence-electron chi connectivity index (χ2n) is 3.44. The number of hydrogen-bond donors (Lipinski definition) is 1. The molecule has 14 heavy (non-hydrogen) atoms. The van der Waals surface area contributed by atoms with Crippen LogP contribution in [0.2, 0.25) is 0 Å². The van der Waals surface area contributed by atoms with E-state index in [9.17, 15) is 4.79 Å². The first-order valence-corrected chi connectivity index (χ1v) is 4.68. The van der Waals surface area contributed by atoms with E-state index in [1.165, 1.54) is 5.56 Å². The fourth-order valence-corrected chi connectivity index (χ4v) is 1.77. The van der Waals surface area contributed by atoms with Crippen LogP contribution in [0, 0.1) is 0 Å². The molecule has 0 aliphatic carbocycles. The van der Waals surface area contributed by atoms with Crippen molar-refractivity contribution in [2.75, 3.05) is 19.0 Å². The average molecular weight is 191 g/mol. The van der Waals surface area contributed by atoms with E-state index in [0.29, 0.717) is 11.3 Å². The van der Waals surface area contributed by atoms with Crippen molar-refractivity contribution in [2.24, 2.45) is 0 Å². The van der Waals surface area contributed by atoms with Gasteiger partial charge < -0.3 is 10.1 Å². The quantitative estimate of drug-likeness (QED) is 0.725. The van der Waals surface area contributed by atoms with Crippen LogP contribution in [0.1, 0.15) is 22.8 Å². The van der Waals surface area contributed by atoms with E-state index in [0.717, 1.165) is 18.7 Å². The summed E-state index contributed by atoms with van der Waals surface area (Å²) in [6, 6.07) is 3.83. The Kier molecular flexibility index (Phi) is 2.15. The van der Waals surface area contributed by atoms with Crippen molar-refractivity contribution < 1.29 is 9.53 Å². The first-order valence-electron chi connectivity index (χ1n) is 4.68. The highest BCUT2D eigenvalue weighted by Gasteiger charge is 2.16. The van der Waals surface area contributed by atoms with E-state index in [4.69, 9.17) is 4.74 Å². The number of carbonyl (C=O) groups is 1. The van der Waals surface area contributed by atoms with Crippen LogP contribution in [0.3, 0.4) is 0 Å². The molecule has 3 nitrogen and oxygen atoms in total. The standard InChI is InChI=1S/C11H13NO2/c1-7(13)9-6-10-8(3-4-12-10)5-11(9)14-2/h5-6,12H,3-4H2,1-2H3. The van der Waals surface area contributed by atoms with Gasteiger partial charge in [0.05, 0.1) is 12.7 Å². The molecule has 1 heterocycles. The Hall–Kier alpha value is -1.51. The summed E-state index contributed by atoms with van der Waals surface area (Å²) < 4.78 is 5.18. The number of anilines is 1. The lowest BCUT2D eigenvalue weighted by Crippen LogP contribution is -1.99. The molecule has 0 bridgehead atoms. The molecule has 74 valence electrons. The van der Waals surface area contributed by atoms with Gasteiger partial charge in [-0.2, -0.15) is 0 Å². The predicted molar refractivity (Wildman–Crippen MR) is 55.2 cm³/mol. The predicted octanol–water partition coefficient (Wildman–Crippen LogP) is 1.87. The van der Waals surface area contributed by atoms with Crippen molar-refractivity contribution in [3.63, 3.8) is 0 Å². The van der Waals surface area contributed by atoms with Crippen LogP contribution in [0.5, 0.6) is 5.75 Å². The summed E-state index contributed by atoms with van der Waals surface area (Å²) in [5.41, 5.74) is 2.95. The number of rotatable bonds is 2. The third-order valence-electron chi connectivity index (χ3n) is 2.51. The molecule has 1 aliphatic heterocycles. The van der Waals surface area contributed by atoms with E-state index < -0.39 is 0 Å². The zero-order valence-electron chi connectivity index (χ0n) is 8.39. The molecular weight excluding hydrogens is 178 g/mol. The maximum atomic E-state index is 11.3. The fourth-order valence-electron chi connectivity index (χ4n) is 1.77. The van der Waals surface area contributed by atoms with Crippen molar-refractivity contribution in [1.29, 1.82) is 0 Å². The molecule has 0 aromatic heterocycles. The van der Waals surface area contributed by atoms with Crippen molar-refractivity contribution >= 4 is 11.5 Å². The highest BCUT2D eigenvalue weighted by Crippen LogP contribution is 2.30. The summed E-state index contributed by atoms with van der Waals surface area (Å²) in [5, 5.41) is 3.24. The van der Waals surface area contributed by atoms with Gasteiger partial charge >= 0.3 is 0 Å². The number of Topliss-reactive ketones (excluding diaryl/α,β-unsaturated/α-hetero) is 1. The molecule has 1 N–H and O–H groups in total. The molecule has 0 saturated heterocycles. The normalized spacial score (nSPS) is 13.3. The van der Waals surface area contributed by atoms with Crippen molar-refractivity contribution in [3.8, 4) is 5.75 Å². The van der Waals surface area contributed by atoms with Crippen LogP contribution < -0.4 is 10.1 Å². The van der Waals surface area contributed by atoms with Crippen LogP contribution in [0.15, 0.2) is 12.1 Å². The van der Waals surface area contributed by atoms with Gasteiger partial charge in [0.1, 0.15) is 5.75 Å². The Labute approximate surface area is 83.1 Å². The summed E-state index contributed by atoms with van der Waals surface area (Å²) >= 11 is 0. The lowest BCUT2D eigenvalue weighted by atomic mass is 10.1. The molecule has 0 amide bonds. The minimum Gasteiger partial charge on any atom is -0.496 e. The Morgan fingerprint density at radius 3 is 2.93 bits per heavy atom. The van der Waals surface area contributed by atoms with Crippen LogP contribution in [0.25, 0.3) is 0 Å². The maximum Gasteiger partial charge on any atom is 0.163 e. The van der Waals surface area contributed by atoms with Gasteiger partial charge in [0.2, 0.25) is 0 Å². The summed E-state index contributed by atoms with van der Waals surface area (Å²) in [6.45, 7) is 2.50.